The van der Waals surface area contributed by atoms with Gasteiger partial charge in [-0.3, -0.25) is 0 Å². The number of carboxylic acids is 1. The fourth-order valence-electron chi connectivity index (χ4n) is 3.13. The number of aromatic carboxylic acids is 1. The van der Waals surface area contributed by atoms with E-state index in [1.807, 2.05) is 13.0 Å². The molecule has 0 bridgehead atoms. The SMILES string of the molecule is Cc1cc(N(C)C2CCCCC2)nc(SCc2ccc(C(=O)O)o2)n1. The number of aromatic nitrogens is 2. The van der Waals surface area contributed by atoms with Gasteiger partial charge in [-0.25, -0.2) is 14.8 Å². The maximum absolute atomic E-state index is 10.9. The van der Waals surface area contributed by atoms with E-state index in [1.54, 1.807) is 6.07 Å². The number of rotatable bonds is 6. The molecule has 6 nitrogen and oxygen atoms in total. The number of hydrogen-bond donors (Lipinski definition) is 1. The molecule has 2 aromatic heterocycles. The van der Waals surface area contributed by atoms with Crippen LogP contribution >= 0.6 is 11.8 Å². The highest BCUT2D eigenvalue weighted by Crippen LogP contribution is 2.28. The molecule has 2 heterocycles. The second kappa shape index (κ2) is 7.91. The number of carboxylic acid groups (broad SMARTS) is 1. The third kappa shape index (κ3) is 4.54. The van der Waals surface area contributed by atoms with Gasteiger partial charge in [0.25, 0.3) is 0 Å². The third-order valence-electron chi connectivity index (χ3n) is 4.52. The minimum atomic E-state index is -1.06. The first-order chi connectivity index (χ1) is 12.0. The van der Waals surface area contributed by atoms with Crippen LogP contribution in [0.1, 0.15) is 54.1 Å². The van der Waals surface area contributed by atoms with Crippen LogP contribution in [-0.4, -0.2) is 34.1 Å². The summed E-state index contributed by atoms with van der Waals surface area (Å²) in [5.41, 5.74) is 0.931. The van der Waals surface area contributed by atoms with Crippen molar-refractivity contribution < 1.29 is 14.3 Å². The Morgan fingerprint density at radius 1 is 1.32 bits per heavy atom. The Labute approximate surface area is 151 Å². The Morgan fingerprint density at radius 2 is 2.08 bits per heavy atom. The van der Waals surface area contributed by atoms with Gasteiger partial charge < -0.3 is 14.4 Å². The Balaban J connectivity index is 1.68. The summed E-state index contributed by atoms with van der Waals surface area (Å²) in [6, 6.07) is 5.72. The first kappa shape index (κ1) is 17.8. The van der Waals surface area contributed by atoms with Gasteiger partial charge in [0.05, 0.1) is 5.75 Å². The van der Waals surface area contributed by atoms with Gasteiger partial charge in [-0.05, 0) is 31.9 Å². The molecule has 0 radical (unpaired) electrons. The summed E-state index contributed by atoms with van der Waals surface area (Å²) in [5.74, 6) is 0.962. The molecule has 0 aromatic carbocycles. The number of thioether (sulfide) groups is 1. The minimum absolute atomic E-state index is 0.0431. The summed E-state index contributed by atoms with van der Waals surface area (Å²) < 4.78 is 5.28. The molecule has 1 aliphatic carbocycles. The molecule has 0 saturated heterocycles. The maximum atomic E-state index is 10.9. The normalized spacial score (nSPS) is 15.3. The van der Waals surface area contributed by atoms with Gasteiger partial charge in [0.1, 0.15) is 11.6 Å². The van der Waals surface area contributed by atoms with E-state index >= 15 is 0 Å². The van der Waals surface area contributed by atoms with Crippen LogP contribution in [0.2, 0.25) is 0 Å². The lowest BCUT2D eigenvalue weighted by Gasteiger charge is -2.32. The average molecular weight is 361 g/mol. The van der Waals surface area contributed by atoms with E-state index in [9.17, 15) is 4.79 Å². The highest BCUT2D eigenvalue weighted by atomic mass is 32.2. The topological polar surface area (TPSA) is 79.5 Å². The average Bonchev–Trinajstić information content (AvgIpc) is 3.09. The standard InChI is InChI=1S/C18H23N3O3S/c1-12-10-16(21(2)13-6-4-3-5-7-13)20-18(19-12)25-11-14-8-9-15(24-14)17(22)23/h8-10,13H,3-7,11H2,1-2H3,(H,22,23). The van der Waals surface area contributed by atoms with Crippen molar-refractivity contribution in [2.24, 2.45) is 0 Å². The van der Waals surface area contributed by atoms with Gasteiger partial charge in [-0.2, -0.15) is 0 Å². The molecule has 0 spiro atoms. The molecule has 7 heteroatoms. The lowest BCUT2D eigenvalue weighted by atomic mass is 9.94. The van der Waals surface area contributed by atoms with Crippen LogP contribution < -0.4 is 4.90 Å². The molecule has 0 unspecified atom stereocenters. The lowest BCUT2D eigenvalue weighted by Crippen LogP contribution is -2.34. The van der Waals surface area contributed by atoms with Crippen molar-refractivity contribution in [3.05, 3.63) is 35.4 Å². The van der Waals surface area contributed by atoms with Crippen LogP contribution in [0, 0.1) is 6.92 Å². The zero-order valence-electron chi connectivity index (χ0n) is 14.6. The molecule has 134 valence electrons. The number of hydrogen-bond acceptors (Lipinski definition) is 6. The van der Waals surface area contributed by atoms with Crippen molar-refractivity contribution in [1.82, 2.24) is 9.97 Å². The Morgan fingerprint density at radius 3 is 2.76 bits per heavy atom. The number of nitrogens with zero attached hydrogens (tertiary/aromatic N) is 3. The number of anilines is 1. The largest absolute Gasteiger partial charge is 0.475 e. The Hall–Kier alpha value is -2.02. The third-order valence-corrected chi connectivity index (χ3v) is 5.39. The fraction of sp³-hybridized carbons (Fsp3) is 0.500. The maximum Gasteiger partial charge on any atom is 0.371 e. The smallest absolute Gasteiger partial charge is 0.371 e. The van der Waals surface area contributed by atoms with E-state index in [2.05, 4.69) is 21.9 Å². The van der Waals surface area contributed by atoms with E-state index in [0.717, 1.165) is 11.5 Å². The van der Waals surface area contributed by atoms with Crippen LogP contribution in [0.3, 0.4) is 0 Å². The van der Waals surface area contributed by atoms with Crippen molar-refractivity contribution in [1.29, 1.82) is 0 Å². The number of carbonyl (C=O) groups is 1. The minimum Gasteiger partial charge on any atom is -0.475 e. The van der Waals surface area contributed by atoms with E-state index in [4.69, 9.17) is 9.52 Å². The van der Waals surface area contributed by atoms with E-state index in [1.165, 1.54) is 49.9 Å². The van der Waals surface area contributed by atoms with Gasteiger partial charge in [-0.1, -0.05) is 31.0 Å². The van der Waals surface area contributed by atoms with Crippen LogP contribution in [0.5, 0.6) is 0 Å². The summed E-state index contributed by atoms with van der Waals surface area (Å²) in [7, 11) is 2.11. The predicted octanol–water partition coefficient (Wildman–Crippen LogP) is 4.14. The van der Waals surface area contributed by atoms with E-state index in [0.29, 0.717) is 22.7 Å². The molecule has 3 rings (SSSR count). The monoisotopic (exact) mass is 361 g/mol. The molecular formula is C18H23N3O3S. The molecule has 2 aromatic rings. The summed E-state index contributed by atoms with van der Waals surface area (Å²) in [4.78, 5) is 22.3. The van der Waals surface area contributed by atoms with Gasteiger partial charge in [0.2, 0.25) is 5.76 Å². The van der Waals surface area contributed by atoms with Crippen molar-refractivity contribution in [3.8, 4) is 0 Å². The highest BCUT2D eigenvalue weighted by molar-refractivity contribution is 7.98. The molecule has 1 saturated carbocycles. The van der Waals surface area contributed by atoms with E-state index in [-0.39, 0.29) is 5.76 Å². The predicted molar refractivity (Wildman–Crippen MR) is 97.3 cm³/mol. The van der Waals surface area contributed by atoms with Gasteiger partial charge >= 0.3 is 5.97 Å². The van der Waals surface area contributed by atoms with E-state index < -0.39 is 5.97 Å². The van der Waals surface area contributed by atoms with Gasteiger partial charge in [-0.15, -0.1) is 0 Å². The van der Waals surface area contributed by atoms with Gasteiger partial charge in [0, 0.05) is 24.8 Å². The Bertz CT molecular complexity index is 741. The lowest BCUT2D eigenvalue weighted by molar-refractivity contribution is 0.0661. The second-order valence-electron chi connectivity index (χ2n) is 6.41. The molecule has 0 atom stereocenters. The molecule has 0 aliphatic heterocycles. The van der Waals surface area contributed by atoms with Crippen molar-refractivity contribution in [2.45, 2.75) is 56.0 Å². The fourth-order valence-corrected chi connectivity index (χ4v) is 3.93. The molecule has 0 amide bonds. The Kier molecular flexibility index (Phi) is 5.63. The number of furan rings is 1. The number of aryl methyl sites for hydroxylation is 1. The molecule has 1 fully saturated rings. The summed E-state index contributed by atoms with van der Waals surface area (Å²) in [6.07, 6.45) is 6.32. The first-order valence-electron chi connectivity index (χ1n) is 8.56. The van der Waals surface area contributed by atoms with Crippen LogP contribution in [0.15, 0.2) is 27.8 Å². The van der Waals surface area contributed by atoms with Gasteiger partial charge in [0.15, 0.2) is 5.16 Å². The summed E-state index contributed by atoms with van der Waals surface area (Å²) >= 11 is 1.46. The van der Waals surface area contributed by atoms with Crippen LogP contribution in [0.25, 0.3) is 0 Å². The quantitative estimate of drug-likeness (QED) is 0.612. The van der Waals surface area contributed by atoms with Crippen molar-refractivity contribution in [3.63, 3.8) is 0 Å². The molecule has 1 N–H and O–H groups in total. The molecule has 1 aliphatic rings. The van der Waals surface area contributed by atoms with Crippen LogP contribution in [0.4, 0.5) is 5.82 Å². The highest BCUT2D eigenvalue weighted by Gasteiger charge is 2.20. The molecular weight excluding hydrogens is 338 g/mol. The zero-order chi connectivity index (χ0) is 17.8. The zero-order valence-corrected chi connectivity index (χ0v) is 15.4. The van der Waals surface area contributed by atoms with Crippen molar-refractivity contribution in [2.75, 3.05) is 11.9 Å². The first-order valence-corrected chi connectivity index (χ1v) is 9.55. The molecule has 25 heavy (non-hydrogen) atoms. The van der Waals surface area contributed by atoms with Crippen LogP contribution in [-0.2, 0) is 5.75 Å². The second-order valence-corrected chi connectivity index (χ2v) is 7.36. The summed E-state index contributed by atoms with van der Waals surface area (Å²) in [6.45, 7) is 1.97. The summed E-state index contributed by atoms with van der Waals surface area (Å²) in [5, 5.41) is 9.60. The van der Waals surface area contributed by atoms with Crippen molar-refractivity contribution >= 4 is 23.5 Å².